The summed E-state index contributed by atoms with van der Waals surface area (Å²) < 4.78 is 6.78. The van der Waals surface area contributed by atoms with E-state index in [1.54, 1.807) is 0 Å². The predicted octanol–water partition coefficient (Wildman–Crippen LogP) is 4.56. The SMILES string of the molecule is CCOc1ccc2[nH]c3c(c2c1)CCNC3c1cccc(Br)c1. The maximum absolute atomic E-state index is 5.67. The van der Waals surface area contributed by atoms with Crippen molar-refractivity contribution in [3.63, 3.8) is 0 Å². The average molecular weight is 371 g/mol. The molecule has 2 heterocycles. The molecule has 0 aliphatic carbocycles. The molecule has 0 amide bonds. The third-order valence-electron chi connectivity index (χ3n) is 4.42. The van der Waals surface area contributed by atoms with Gasteiger partial charge in [-0.25, -0.2) is 0 Å². The summed E-state index contributed by atoms with van der Waals surface area (Å²) in [4.78, 5) is 3.62. The first kappa shape index (κ1) is 14.8. The Balaban J connectivity index is 1.83. The van der Waals surface area contributed by atoms with Gasteiger partial charge in [0.2, 0.25) is 0 Å². The molecular formula is C19H19BrN2O. The molecule has 1 unspecified atom stereocenters. The lowest BCUT2D eigenvalue weighted by Crippen LogP contribution is -2.30. The van der Waals surface area contributed by atoms with Crippen LogP contribution in [0.1, 0.15) is 29.8 Å². The van der Waals surface area contributed by atoms with E-state index in [1.165, 1.54) is 27.7 Å². The Morgan fingerprint density at radius 1 is 1.22 bits per heavy atom. The third kappa shape index (κ3) is 2.66. The summed E-state index contributed by atoms with van der Waals surface area (Å²) in [6, 6.07) is 15.0. The van der Waals surface area contributed by atoms with Crippen LogP contribution < -0.4 is 10.1 Å². The van der Waals surface area contributed by atoms with Gasteiger partial charge in [-0.2, -0.15) is 0 Å². The number of H-pyrrole nitrogens is 1. The van der Waals surface area contributed by atoms with Gasteiger partial charge in [0, 0.05) is 27.6 Å². The molecule has 3 aromatic rings. The van der Waals surface area contributed by atoms with E-state index in [4.69, 9.17) is 4.74 Å². The van der Waals surface area contributed by atoms with Gasteiger partial charge in [-0.1, -0.05) is 28.1 Å². The zero-order valence-electron chi connectivity index (χ0n) is 13.0. The quantitative estimate of drug-likeness (QED) is 0.708. The minimum atomic E-state index is 0.208. The van der Waals surface area contributed by atoms with Gasteiger partial charge in [0.05, 0.1) is 12.6 Å². The normalized spacial score (nSPS) is 17.2. The monoisotopic (exact) mass is 370 g/mol. The summed E-state index contributed by atoms with van der Waals surface area (Å²) in [5.74, 6) is 0.944. The highest BCUT2D eigenvalue weighted by Crippen LogP contribution is 2.35. The highest BCUT2D eigenvalue weighted by Gasteiger charge is 2.25. The van der Waals surface area contributed by atoms with Gasteiger partial charge < -0.3 is 15.0 Å². The fraction of sp³-hybridized carbons (Fsp3) is 0.263. The number of benzene rings is 2. The predicted molar refractivity (Wildman–Crippen MR) is 97.2 cm³/mol. The first-order chi connectivity index (χ1) is 11.3. The summed E-state index contributed by atoms with van der Waals surface area (Å²) in [5.41, 5.74) is 5.14. The van der Waals surface area contributed by atoms with Crippen LogP contribution in [0.25, 0.3) is 10.9 Å². The molecule has 1 atom stereocenters. The zero-order valence-corrected chi connectivity index (χ0v) is 14.6. The molecule has 4 heteroatoms. The van der Waals surface area contributed by atoms with Gasteiger partial charge in [-0.05, 0) is 54.8 Å². The van der Waals surface area contributed by atoms with Crippen molar-refractivity contribution in [2.24, 2.45) is 0 Å². The lowest BCUT2D eigenvalue weighted by Gasteiger charge is -2.25. The number of rotatable bonds is 3. The van der Waals surface area contributed by atoms with Crippen LogP contribution in [0.4, 0.5) is 0 Å². The minimum Gasteiger partial charge on any atom is -0.494 e. The minimum absolute atomic E-state index is 0.208. The number of hydrogen-bond donors (Lipinski definition) is 2. The molecule has 4 rings (SSSR count). The topological polar surface area (TPSA) is 37.0 Å². The van der Waals surface area contributed by atoms with Crippen molar-refractivity contribution in [1.29, 1.82) is 0 Å². The number of ether oxygens (including phenoxy) is 1. The molecule has 0 bridgehead atoms. The maximum atomic E-state index is 5.67. The molecule has 118 valence electrons. The lowest BCUT2D eigenvalue weighted by atomic mass is 9.94. The number of halogens is 1. The second-order valence-electron chi connectivity index (χ2n) is 5.85. The molecule has 0 radical (unpaired) electrons. The molecule has 3 nitrogen and oxygen atoms in total. The molecule has 1 aliphatic rings. The lowest BCUT2D eigenvalue weighted by molar-refractivity contribution is 0.340. The van der Waals surface area contributed by atoms with Crippen LogP contribution in [-0.2, 0) is 6.42 Å². The zero-order chi connectivity index (χ0) is 15.8. The van der Waals surface area contributed by atoms with Crippen LogP contribution in [0.5, 0.6) is 5.75 Å². The first-order valence-corrected chi connectivity index (χ1v) is 8.81. The van der Waals surface area contributed by atoms with Gasteiger partial charge in [0.25, 0.3) is 0 Å². The Bertz CT molecular complexity index is 856. The van der Waals surface area contributed by atoms with Gasteiger partial charge in [-0.3, -0.25) is 0 Å². The van der Waals surface area contributed by atoms with Crippen molar-refractivity contribution in [2.45, 2.75) is 19.4 Å². The fourth-order valence-corrected chi connectivity index (χ4v) is 3.85. The van der Waals surface area contributed by atoms with Crippen LogP contribution in [0.15, 0.2) is 46.9 Å². The van der Waals surface area contributed by atoms with Crippen molar-refractivity contribution in [1.82, 2.24) is 10.3 Å². The Morgan fingerprint density at radius 2 is 2.13 bits per heavy atom. The van der Waals surface area contributed by atoms with Crippen LogP contribution in [0.3, 0.4) is 0 Å². The Hall–Kier alpha value is -1.78. The van der Waals surface area contributed by atoms with Gasteiger partial charge >= 0.3 is 0 Å². The molecule has 2 N–H and O–H groups in total. The van der Waals surface area contributed by atoms with Crippen LogP contribution in [0.2, 0.25) is 0 Å². The van der Waals surface area contributed by atoms with Crippen LogP contribution in [-0.4, -0.2) is 18.1 Å². The number of hydrogen-bond acceptors (Lipinski definition) is 2. The highest BCUT2D eigenvalue weighted by molar-refractivity contribution is 9.10. The van der Waals surface area contributed by atoms with E-state index in [0.717, 1.165) is 23.2 Å². The molecule has 2 aromatic carbocycles. The van der Waals surface area contributed by atoms with Crippen molar-refractivity contribution in [3.05, 3.63) is 63.8 Å². The van der Waals surface area contributed by atoms with Crippen LogP contribution >= 0.6 is 15.9 Å². The summed E-state index contributed by atoms with van der Waals surface area (Å²) in [5, 5.41) is 4.92. The fourth-order valence-electron chi connectivity index (χ4n) is 3.43. The molecule has 1 aromatic heterocycles. The summed E-state index contributed by atoms with van der Waals surface area (Å²) in [6.07, 6.45) is 1.04. The van der Waals surface area contributed by atoms with Crippen LogP contribution in [0, 0.1) is 0 Å². The van der Waals surface area contributed by atoms with E-state index in [2.05, 4.69) is 62.6 Å². The third-order valence-corrected chi connectivity index (χ3v) is 4.91. The molecule has 1 aliphatic heterocycles. The second-order valence-corrected chi connectivity index (χ2v) is 6.77. The molecule has 0 fully saturated rings. The number of fused-ring (bicyclic) bond motifs is 3. The Kier molecular flexibility index (Phi) is 3.87. The molecule has 0 saturated carbocycles. The summed E-state index contributed by atoms with van der Waals surface area (Å²) >= 11 is 3.58. The molecule has 0 spiro atoms. The first-order valence-electron chi connectivity index (χ1n) is 8.02. The van der Waals surface area contributed by atoms with Crippen molar-refractivity contribution < 1.29 is 4.74 Å². The average Bonchev–Trinajstić information content (AvgIpc) is 2.93. The highest BCUT2D eigenvalue weighted by atomic mass is 79.9. The van der Waals surface area contributed by atoms with E-state index < -0.39 is 0 Å². The van der Waals surface area contributed by atoms with Crippen molar-refractivity contribution in [3.8, 4) is 5.75 Å². The maximum Gasteiger partial charge on any atom is 0.120 e. The van der Waals surface area contributed by atoms with E-state index in [-0.39, 0.29) is 6.04 Å². The van der Waals surface area contributed by atoms with E-state index in [1.807, 2.05) is 13.0 Å². The molecule has 23 heavy (non-hydrogen) atoms. The summed E-state index contributed by atoms with van der Waals surface area (Å²) in [6.45, 7) is 3.69. The molecular weight excluding hydrogens is 352 g/mol. The molecule has 0 saturated heterocycles. The van der Waals surface area contributed by atoms with Crippen molar-refractivity contribution >= 4 is 26.8 Å². The van der Waals surface area contributed by atoms with Gasteiger partial charge in [-0.15, -0.1) is 0 Å². The standard InChI is InChI=1S/C19H19BrN2O/c1-2-23-14-6-7-17-16(11-14)15-8-9-21-18(19(15)22-17)12-4-3-5-13(20)10-12/h3-7,10-11,18,21-22H,2,8-9H2,1H3. The summed E-state index contributed by atoms with van der Waals surface area (Å²) in [7, 11) is 0. The van der Waals surface area contributed by atoms with E-state index >= 15 is 0 Å². The van der Waals surface area contributed by atoms with Gasteiger partial charge in [0.1, 0.15) is 5.75 Å². The Morgan fingerprint density at radius 3 is 2.96 bits per heavy atom. The van der Waals surface area contributed by atoms with Gasteiger partial charge in [0.15, 0.2) is 0 Å². The second kappa shape index (κ2) is 6.02. The smallest absolute Gasteiger partial charge is 0.120 e. The number of aromatic nitrogens is 1. The Labute approximate surface area is 144 Å². The number of nitrogens with one attached hydrogen (secondary N) is 2. The largest absolute Gasteiger partial charge is 0.494 e. The van der Waals surface area contributed by atoms with E-state index in [9.17, 15) is 0 Å². The van der Waals surface area contributed by atoms with Crippen molar-refractivity contribution in [2.75, 3.05) is 13.2 Å². The van der Waals surface area contributed by atoms with E-state index in [0.29, 0.717) is 6.61 Å². The number of aromatic amines is 1.